The Labute approximate surface area is 190 Å². The van der Waals surface area contributed by atoms with Crippen LogP contribution in [0.1, 0.15) is 33.5 Å². The van der Waals surface area contributed by atoms with Gasteiger partial charge in [0.1, 0.15) is 5.82 Å². The second kappa shape index (κ2) is 7.58. The first-order chi connectivity index (χ1) is 16.1. The second-order valence-corrected chi connectivity index (χ2v) is 8.73. The molecule has 0 radical (unpaired) electrons. The van der Waals surface area contributed by atoms with Gasteiger partial charge in [0.2, 0.25) is 0 Å². The van der Waals surface area contributed by atoms with E-state index in [-0.39, 0.29) is 11.6 Å². The molecule has 0 bridgehead atoms. The van der Waals surface area contributed by atoms with E-state index < -0.39 is 0 Å². The Morgan fingerprint density at radius 2 is 1.85 bits per heavy atom. The normalized spacial score (nSPS) is 15.4. The molecule has 0 fully saturated rings. The average Bonchev–Trinajstić information content (AvgIpc) is 3.15. The van der Waals surface area contributed by atoms with E-state index in [1.807, 2.05) is 29.2 Å². The molecular formula is C25H24N6O2. The van der Waals surface area contributed by atoms with Crippen molar-refractivity contribution in [1.82, 2.24) is 24.1 Å². The standard InChI is InChI=1S/C25H24N6O2/c1-28-25(33)31-12-9-21(14-22(31)27-28)30-10-4-7-18-13-20(15-26-23(18)30)24(32)29-11-8-17-5-2-3-6-19(17)16-29/h2-3,5-6,9,12-15H,4,7-8,10-11,16H2,1H3. The van der Waals surface area contributed by atoms with Crippen LogP contribution >= 0.6 is 0 Å². The number of aromatic nitrogens is 4. The Balaban J connectivity index is 1.29. The fourth-order valence-corrected chi connectivity index (χ4v) is 4.92. The van der Waals surface area contributed by atoms with Crippen molar-refractivity contribution in [2.75, 3.05) is 18.0 Å². The number of nitrogens with zero attached hydrogens (tertiary/aromatic N) is 6. The van der Waals surface area contributed by atoms with E-state index >= 15 is 0 Å². The summed E-state index contributed by atoms with van der Waals surface area (Å²) in [6, 6.07) is 14.1. The van der Waals surface area contributed by atoms with Crippen molar-refractivity contribution in [3.05, 3.63) is 87.6 Å². The minimum atomic E-state index is -0.169. The third-order valence-corrected chi connectivity index (χ3v) is 6.66. The second-order valence-electron chi connectivity index (χ2n) is 8.73. The summed E-state index contributed by atoms with van der Waals surface area (Å²) in [5, 5.41) is 4.30. The maximum Gasteiger partial charge on any atom is 0.350 e. The number of amides is 1. The van der Waals surface area contributed by atoms with Gasteiger partial charge in [-0.15, -0.1) is 0 Å². The van der Waals surface area contributed by atoms with Gasteiger partial charge in [-0.3, -0.25) is 9.20 Å². The first kappa shape index (κ1) is 19.7. The van der Waals surface area contributed by atoms with Crippen LogP contribution in [-0.4, -0.2) is 43.1 Å². The lowest BCUT2D eigenvalue weighted by atomic mass is 9.98. The minimum Gasteiger partial charge on any atom is -0.334 e. The van der Waals surface area contributed by atoms with Crippen LogP contribution in [0.4, 0.5) is 11.5 Å². The fourth-order valence-electron chi connectivity index (χ4n) is 4.92. The largest absolute Gasteiger partial charge is 0.350 e. The Kier molecular flexibility index (Phi) is 4.53. The summed E-state index contributed by atoms with van der Waals surface area (Å²) in [7, 11) is 1.65. The Morgan fingerprint density at radius 3 is 2.73 bits per heavy atom. The Hall–Kier alpha value is -3.94. The van der Waals surface area contributed by atoms with Gasteiger partial charge < -0.3 is 9.80 Å². The smallest absolute Gasteiger partial charge is 0.334 e. The molecule has 0 aliphatic carbocycles. The summed E-state index contributed by atoms with van der Waals surface area (Å²) >= 11 is 0. The predicted octanol–water partition coefficient (Wildman–Crippen LogP) is 2.71. The van der Waals surface area contributed by atoms with E-state index in [1.165, 1.54) is 20.2 Å². The number of benzene rings is 1. The van der Waals surface area contributed by atoms with E-state index in [0.29, 0.717) is 17.8 Å². The van der Waals surface area contributed by atoms with Crippen molar-refractivity contribution in [2.24, 2.45) is 7.05 Å². The first-order valence-corrected chi connectivity index (χ1v) is 11.3. The highest BCUT2D eigenvalue weighted by atomic mass is 16.2. The van der Waals surface area contributed by atoms with Crippen LogP contribution in [0, 0.1) is 0 Å². The number of hydrogen-bond donors (Lipinski definition) is 0. The van der Waals surface area contributed by atoms with E-state index in [9.17, 15) is 9.59 Å². The maximum atomic E-state index is 13.3. The SMILES string of the molecule is Cn1nc2cc(N3CCCc4cc(C(=O)N5CCc6ccccc6C5)cnc43)ccn2c1=O. The van der Waals surface area contributed by atoms with E-state index in [4.69, 9.17) is 4.98 Å². The van der Waals surface area contributed by atoms with Crippen LogP contribution in [0.15, 0.2) is 59.7 Å². The zero-order chi connectivity index (χ0) is 22.5. The van der Waals surface area contributed by atoms with Gasteiger partial charge in [-0.05, 0) is 48.1 Å². The number of aryl methyl sites for hydroxylation is 2. The molecule has 8 nitrogen and oxygen atoms in total. The summed E-state index contributed by atoms with van der Waals surface area (Å²) in [5.74, 6) is 0.899. The van der Waals surface area contributed by atoms with Gasteiger partial charge in [0.25, 0.3) is 5.91 Å². The molecule has 4 aromatic rings. The fraction of sp³-hybridized carbons (Fsp3) is 0.280. The van der Waals surface area contributed by atoms with Crippen molar-refractivity contribution in [2.45, 2.75) is 25.8 Å². The minimum absolute atomic E-state index is 0.0335. The molecule has 1 aromatic carbocycles. The number of anilines is 2. The van der Waals surface area contributed by atoms with Crippen molar-refractivity contribution in [1.29, 1.82) is 0 Å². The highest BCUT2D eigenvalue weighted by Gasteiger charge is 2.25. The van der Waals surface area contributed by atoms with Gasteiger partial charge in [-0.2, -0.15) is 5.10 Å². The highest BCUT2D eigenvalue weighted by Crippen LogP contribution is 2.33. The van der Waals surface area contributed by atoms with Crippen LogP contribution < -0.4 is 10.6 Å². The van der Waals surface area contributed by atoms with Gasteiger partial charge in [-0.1, -0.05) is 24.3 Å². The third kappa shape index (κ3) is 3.29. The van der Waals surface area contributed by atoms with Gasteiger partial charge in [0, 0.05) is 50.8 Å². The van der Waals surface area contributed by atoms with Crippen LogP contribution in [0.5, 0.6) is 0 Å². The number of carbonyl (C=O) groups is 1. The third-order valence-electron chi connectivity index (χ3n) is 6.66. The molecule has 0 saturated carbocycles. The molecule has 2 aliphatic heterocycles. The van der Waals surface area contributed by atoms with Crippen molar-refractivity contribution < 1.29 is 4.79 Å². The zero-order valence-electron chi connectivity index (χ0n) is 18.4. The molecule has 0 unspecified atom stereocenters. The summed E-state index contributed by atoms with van der Waals surface area (Å²) in [4.78, 5) is 34.2. The number of fused-ring (bicyclic) bond motifs is 3. The number of rotatable bonds is 2. The molecule has 0 atom stereocenters. The zero-order valence-corrected chi connectivity index (χ0v) is 18.4. The average molecular weight is 441 g/mol. The van der Waals surface area contributed by atoms with Crippen LogP contribution in [-0.2, 0) is 26.4 Å². The lowest BCUT2D eigenvalue weighted by Crippen LogP contribution is -2.36. The van der Waals surface area contributed by atoms with Crippen molar-refractivity contribution >= 4 is 23.1 Å². The molecule has 0 spiro atoms. The number of carbonyl (C=O) groups excluding carboxylic acids is 1. The van der Waals surface area contributed by atoms with Crippen molar-refractivity contribution in [3.63, 3.8) is 0 Å². The molecule has 8 heteroatoms. The predicted molar refractivity (Wildman–Crippen MR) is 125 cm³/mol. The molecule has 166 valence electrons. The van der Waals surface area contributed by atoms with Crippen molar-refractivity contribution in [3.8, 4) is 0 Å². The van der Waals surface area contributed by atoms with Gasteiger partial charge in [0.05, 0.1) is 5.56 Å². The molecule has 5 heterocycles. The van der Waals surface area contributed by atoms with Gasteiger partial charge in [0.15, 0.2) is 5.65 Å². The van der Waals surface area contributed by atoms with Gasteiger partial charge in [-0.25, -0.2) is 14.5 Å². The lowest BCUT2D eigenvalue weighted by molar-refractivity contribution is 0.0734. The number of hydrogen-bond acceptors (Lipinski definition) is 5. The van der Waals surface area contributed by atoms with E-state index in [2.05, 4.69) is 28.2 Å². The topological polar surface area (TPSA) is 75.7 Å². The van der Waals surface area contributed by atoms with Gasteiger partial charge >= 0.3 is 5.69 Å². The first-order valence-electron chi connectivity index (χ1n) is 11.3. The molecule has 3 aromatic heterocycles. The summed E-state index contributed by atoms with van der Waals surface area (Å²) in [6.45, 7) is 2.19. The van der Waals surface area contributed by atoms with Crippen LogP contribution in [0.3, 0.4) is 0 Å². The highest BCUT2D eigenvalue weighted by molar-refractivity contribution is 5.94. The quantitative estimate of drug-likeness (QED) is 0.479. The lowest BCUT2D eigenvalue weighted by Gasteiger charge is -2.31. The van der Waals surface area contributed by atoms with E-state index in [1.54, 1.807) is 19.4 Å². The maximum absolute atomic E-state index is 13.3. The Bertz CT molecular complexity index is 1450. The molecule has 6 rings (SSSR count). The monoisotopic (exact) mass is 440 g/mol. The number of pyridine rings is 2. The van der Waals surface area contributed by atoms with E-state index in [0.717, 1.165) is 49.4 Å². The summed E-state index contributed by atoms with van der Waals surface area (Å²) < 4.78 is 2.86. The summed E-state index contributed by atoms with van der Waals surface area (Å²) in [5.41, 5.74) is 5.63. The molecule has 0 N–H and O–H groups in total. The molecule has 33 heavy (non-hydrogen) atoms. The molecule has 2 aliphatic rings. The summed E-state index contributed by atoms with van der Waals surface area (Å²) in [6.07, 6.45) is 6.18. The molecule has 1 amide bonds. The molecule has 0 saturated heterocycles. The van der Waals surface area contributed by atoms with Crippen LogP contribution in [0.2, 0.25) is 0 Å². The Morgan fingerprint density at radius 1 is 1.00 bits per heavy atom. The molecular weight excluding hydrogens is 416 g/mol. The van der Waals surface area contributed by atoms with Crippen LogP contribution in [0.25, 0.3) is 5.65 Å².